The molecule has 1 aliphatic rings. The summed E-state index contributed by atoms with van der Waals surface area (Å²) >= 11 is 0. The van der Waals surface area contributed by atoms with Crippen LogP contribution in [-0.2, 0) is 10.0 Å². The van der Waals surface area contributed by atoms with E-state index in [4.69, 9.17) is 0 Å². The average Bonchev–Trinajstić information content (AvgIpc) is 2.67. The monoisotopic (exact) mass is 407 g/mol. The standard InChI is InChI=1S/C24H41NO2S/c1-4-5-6-7-8-9-10-11-12-15-23-16-13-14-22(3)25(23)28(26,27)24-19-17-21(2)18-20-24/h17-20,22-23H,4-16H2,1-3H3/t22-,23-/m1/s1. The van der Waals surface area contributed by atoms with Crippen molar-refractivity contribution in [2.24, 2.45) is 0 Å². The Kier molecular flexibility index (Phi) is 10.0. The zero-order valence-corrected chi connectivity index (χ0v) is 19.1. The van der Waals surface area contributed by atoms with Crippen LogP contribution in [0.4, 0.5) is 0 Å². The smallest absolute Gasteiger partial charge is 0.207 e. The summed E-state index contributed by atoms with van der Waals surface area (Å²) in [6.45, 7) is 6.33. The first-order chi connectivity index (χ1) is 13.5. The van der Waals surface area contributed by atoms with Gasteiger partial charge in [-0.15, -0.1) is 0 Å². The molecule has 0 amide bonds. The second kappa shape index (κ2) is 12.0. The summed E-state index contributed by atoms with van der Waals surface area (Å²) in [4.78, 5) is 0.448. The predicted molar refractivity (Wildman–Crippen MR) is 119 cm³/mol. The summed E-state index contributed by atoms with van der Waals surface area (Å²) in [6.07, 6.45) is 15.9. The Morgan fingerprint density at radius 3 is 2.07 bits per heavy atom. The molecule has 160 valence electrons. The Hall–Kier alpha value is -0.870. The highest BCUT2D eigenvalue weighted by Crippen LogP contribution is 2.32. The minimum atomic E-state index is -3.40. The van der Waals surface area contributed by atoms with Crippen LogP contribution in [-0.4, -0.2) is 24.8 Å². The molecule has 0 saturated carbocycles. The van der Waals surface area contributed by atoms with Gasteiger partial charge in [0.15, 0.2) is 0 Å². The van der Waals surface area contributed by atoms with Gasteiger partial charge in [0.2, 0.25) is 10.0 Å². The van der Waals surface area contributed by atoms with Gasteiger partial charge in [0, 0.05) is 12.1 Å². The maximum atomic E-state index is 13.3. The topological polar surface area (TPSA) is 37.4 Å². The van der Waals surface area contributed by atoms with Gasteiger partial charge in [0.25, 0.3) is 0 Å². The summed E-state index contributed by atoms with van der Waals surface area (Å²) in [5.74, 6) is 0. The van der Waals surface area contributed by atoms with Crippen molar-refractivity contribution in [3.63, 3.8) is 0 Å². The van der Waals surface area contributed by atoms with Crippen LogP contribution in [0.3, 0.4) is 0 Å². The predicted octanol–water partition coefficient (Wildman–Crippen LogP) is 6.85. The van der Waals surface area contributed by atoms with Crippen LogP contribution in [0.1, 0.15) is 103 Å². The molecule has 2 atom stereocenters. The van der Waals surface area contributed by atoms with Crippen LogP contribution in [0.15, 0.2) is 29.2 Å². The molecular weight excluding hydrogens is 366 g/mol. The lowest BCUT2D eigenvalue weighted by Crippen LogP contribution is -2.48. The number of benzene rings is 1. The van der Waals surface area contributed by atoms with Gasteiger partial charge >= 0.3 is 0 Å². The van der Waals surface area contributed by atoms with Gasteiger partial charge < -0.3 is 0 Å². The molecule has 0 radical (unpaired) electrons. The lowest BCUT2D eigenvalue weighted by molar-refractivity contribution is 0.179. The molecule has 1 aliphatic heterocycles. The molecular formula is C24H41NO2S. The summed E-state index contributed by atoms with van der Waals surface area (Å²) in [6, 6.07) is 7.60. The van der Waals surface area contributed by atoms with Crippen LogP contribution in [0.5, 0.6) is 0 Å². The van der Waals surface area contributed by atoms with Crippen molar-refractivity contribution in [1.82, 2.24) is 4.31 Å². The Labute approximate surface area is 174 Å². The molecule has 0 bridgehead atoms. The molecule has 3 nitrogen and oxygen atoms in total. The minimum Gasteiger partial charge on any atom is -0.207 e. The highest BCUT2D eigenvalue weighted by atomic mass is 32.2. The number of hydrogen-bond donors (Lipinski definition) is 0. The molecule has 0 N–H and O–H groups in total. The second-order valence-corrected chi connectivity index (χ2v) is 10.5. The molecule has 1 fully saturated rings. The molecule has 28 heavy (non-hydrogen) atoms. The molecule has 1 aromatic carbocycles. The molecule has 1 aromatic rings. The van der Waals surface area contributed by atoms with Gasteiger partial charge in [0.1, 0.15) is 0 Å². The number of rotatable bonds is 12. The van der Waals surface area contributed by atoms with E-state index in [9.17, 15) is 8.42 Å². The first kappa shape index (κ1) is 23.4. The molecule has 1 saturated heterocycles. The first-order valence-corrected chi connectivity index (χ1v) is 13.0. The van der Waals surface area contributed by atoms with Crippen molar-refractivity contribution < 1.29 is 8.42 Å². The second-order valence-electron chi connectivity index (χ2n) is 8.70. The van der Waals surface area contributed by atoms with E-state index in [2.05, 4.69) is 13.8 Å². The number of hydrogen-bond acceptors (Lipinski definition) is 2. The normalized spacial score (nSPS) is 21.1. The Balaban J connectivity index is 1.85. The van der Waals surface area contributed by atoms with E-state index < -0.39 is 10.0 Å². The van der Waals surface area contributed by atoms with Crippen molar-refractivity contribution in [3.8, 4) is 0 Å². The van der Waals surface area contributed by atoms with E-state index in [0.29, 0.717) is 4.90 Å². The maximum absolute atomic E-state index is 13.3. The van der Waals surface area contributed by atoms with Crippen molar-refractivity contribution in [2.75, 3.05) is 0 Å². The molecule has 0 aliphatic carbocycles. The zero-order chi connectivity index (χ0) is 20.4. The summed E-state index contributed by atoms with van der Waals surface area (Å²) in [7, 11) is -3.40. The third-order valence-corrected chi connectivity index (χ3v) is 8.27. The third-order valence-electron chi connectivity index (χ3n) is 6.19. The fourth-order valence-electron chi connectivity index (χ4n) is 4.49. The van der Waals surface area contributed by atoms with Crippen LogP contribution in [0, 0.1) is 6.92 Å². The minimum absolute atomic E-state index is 0.101. The molecule has 0 spiro atoms. The first-order valence-electron chi connectivity index (χ1n) is 11.6. The summed E-state index contributed by atoms with van der Waals surface area (Å²) in [5, 5.41) is 0. The number of piperidine rings is 1. The number of nitrogens with zero attached hydrogens (tertiary/aromatic N) is 1. The van der Waals surface area contributed by atoms with E-state index in [0.717, 1.165) is 37.7 Å². The van der Waals surface area contributed by atoms with Crippen molar-refractivity contribution in [1.29, 1.82) is 0 Å². The molecule has 4 heteroatoms. The highest BCUT2D eigenvalue weighted by Gasteiger charge is 2.37. The quantitative estimate of drug-likeness (QED) is 0.355. The fourth-order valence-corrected chi connectivity index (χ4v) is 6.40. The van der Waals surface area contributed by atoms with Crippen LogP contribution < -0.4 is 0 Å². The van der Waals surface area contributed by atoms with Crippen molar-refractivity contribution in [3.05, 3.63) is 29.8 Å². The van der Waals surface area contributed by atoms with E-state index in [1.54, 1.807) is 12.1 Å². The SMILES string of the molecule is CCCCCCCCCCC[C@@H]1CCC[C@@H](C)N1S(=O)(=O)c1ccc(C)cc1. The average molecular weight is 408 g/mol. The van der Waals surface area contributed by atoms with Gasteiger partial charge in [-0.1, -0.05) is 88.8 Å². The van der Waals surface area contributed by atoms with Crippen LogP contribution in [0.25, 0.3) is 0 Å². The zero-order valence-electron chi connectivity index (χ0n) is 18.3. The third kappa shape index (κ3) is 6.88. The number of sulfonamides is 1. The van der Waals surface area contributed by atoms with Crippen LogP contribution in [0.2, 0.25) is 0 Å². The lowest BCUT2D eigenvalue weighted by Gasteiger charge is -2.39. The van der Waals surface area contributed by atoms with Gasteiger partial charge in [-0.3, -0.25) is 0 Å². The Morgan fingerprint density at radius 1 is 0.893 bits per heavy atom. The van der Waals surface area contributed by atoms with Crippen LogP contribution >= 0.6 is 0 Å². The summed E-state index contributed by atoms with van der Waals surface area (Å²) in [5.41, 5.74) is 1.09. The van der Waals surface area contributed by atoms with E-state index >= 15 is 0 Å². The number of unbranched alkanes of at least 4 members (excludes halogenated alkanes) is 8. The molecule has 1 heterocycles. The molecule has 2 rings (SSSR count). The van der Waals surface area contributed by atoms with Crippen molar-refractivity contribution >= 4 is 10.0 Å². The lowest BCUT2D eigenvalue weighted by atomic mass is 9.95. The largest absolute Gasteiger partial charge is 0.243 e. The van der Waals surface area contributed by atoms with Gasteiger partial charge in [0.05, 0.1) is 4.90 Å². The van der Waals surface area contributed by atoms with Crippen molar-refractivity contribution in [2.45, 2.75) is 121 Å². The molecule has 0 unspecified atom stereocenters. The summed E-state index contributed by atoms with van der Waals surface area (Å²) < 4.78 is 28.5. The van der Waals surface area contributed by atoms with Gasteiger partial charge in [-0.25, -0.2) is 8.42 Å². The van der Waals surface area contributed by atoms with Gasteiger partial charge in [-0.05, 0) is 45.2 Å². The maximum Gasteiger partial charge on any atom is 0.243 e. The molecule has 0 aromatic heterocycles. The van der Waals surface area contributed by atoms with Gasteiger partial charge in [-0.2, -0.15) is 4.31 Å². The van der Waals surface area contributed by atoms with E-state index in [-0.39, 0.29) is 12.1 Å². The van der Waals surface area contributed by atoms with E-state index in [1.807, 2.05) is 23.4 Å². The Morgan fingerprint density at radius 2 is 1.46 bits per heavy atom. The Bertz CT molecular complexity index is 654. The highest BCUT2D eigenvalue weighted by molar-refractivity contribution is 7.89. The fraction of sp³-hybridized carbons (Fsp3) is 0.750. The number of aryl methyl sites for hydroxylation is 1. The van der Waals surface area contributed by atoms with E-state index in [1.165, 1.54) is 51.4 Å².